The summed E-state index contributed by atoms with van der Waals surface area (Å²) in [5, 5.41) is 2.98. The van der Waals surface area contributed by atoms with Gasteiger partial charge in [-0.3, -0.25) is 9.59 Å². The van der Waals surface area contributed by atoms with Gasteiger partial charge < -0.3 is 15.0 Å². The zero-order valence-corrected chi connectivity index (χ0v) is 17.9. The summed E-state index contributed by atoms with van der Waals surface area (Å²) in [6.07, 6.45) is 1.16. The molecule has 1 saturated heterocycles. The minimum atomic E-state index is -0.392. The van der Waals surface area contributed by atoms with E-state index in [4.69, 9.17) is 4.74 Å². The van der Waals surface area contributed by atoms with E-state index < -0.39 is 5.92 Å². The predicted molar refractivity (Wildman–Crippen MR) is 117 cm³/mol. The van der Waals surface area contributed by atoms with Crippen LogP contribution in [0.5, 0.6) is 5.75 Å². The number of benzene rings is 2. The first-order chi connectivity index (χ1) is 13.7. The molecule has 1 atom stereocenters. The van der Waals surface area contributed by atoms with Gasteiger partial charge in [-0.15, -0.1) is 0 Å². The summed E-state index contributed by atoms with van der Waals surface area (Å²) in [6, 6.07) is 13.8. The van der Waals surface area contributed by atoms with Gasteiger partial charge in [0.15, 0.2) is 0 Å². The standard InChI is InChI=1S/C24H30N2O3/c1-6-16-7-10-19(11-8-16)26-15-17(13-22(26)27)23(28)25-20-14-18(24(2,3)4)9-12-21(20)29-5/h7-12,14,17H,6,13,15H2,1-5H3,(H,25,28). The topological polar surface area (TPSA) is 58.6 Å². The van der Waals surface area contributed by atoms with Crippen LogP contribution in [0.4, 0.5) is 11.4 Å². The Kier molecular flexibility index (Phi) is 5.96. The van der Waals surface area contributed by atoms with Crippen LogP contribution in [0.25, 0.3) is 0 Å². The average molecular weight is 395 g/mol. The molecule has 5 heteroatoms. The van der Waals surface area contributed by atoms with E-state index in [1.165, 1.54) is 5.56 Å². The van der Waals surface area contributed by atoms with Gasteiger partial charge >= 0.3 is 0 Å². The van der Waals surface area contributed by atoms with Gasteiger partial charge in [-0.25, -0.2) is 0 Å². The highest BCUT2D eigenvalue weighted by Crippen LogP contribution is 2.33. The largest absolute Gasteiger partial charge is 0.495 e. The second-order valence-electron chi connectivity index (χ2n) is 8.58. The number of aryl methyl sites for hydroxylation is 1. The highest BCUT2D eigenvalue weighted by atomic mass is 16.5. The molecule has 1 unspecified atom stereocenters. The first-order valence-corrected chi connectivity index (χ1v) is 10.1. The third-order valence-electron chi connectivity index (χ3n) is 5.48. The van der Waals surface area contributed by atoms with E-state index >= 15 is 0 Å². The minimum absolute atomic E-state index is 0.0233. The van der Waals surface area contributed by atoms with Crippen LogP contribution in [0.1, 0.15) is 45.2 Å². The molecular weight excluding hydrogens is 364 g/mol. The summed E-state index contributed by atoms with van der Waals surface area (Å²) in [4.78, 5) is 27.1. The Bertz CT molecular complexity index is 897. The molecule has 2 aromatic carbocycles. The second-order valence-corrected chi connectivity index (χ2v) is 8.58. The van der Waals surface area contributed by atoms with Gasteiger partial charge in [-0.1, -0.05) is 45.9 Å². The lowest BCUT2D eigenvalue weighted by molar-refractivity contribution is -0.122. The number of carbonyl (C=O) groups is 2. The summed E-state index contributed by atoms with van der Waals surface area (Å²) in [5.74, 6) is 0.0410. The highest BCUT2D eigenvalue weighted by molar-refractivity contribution is 6.04. The van der Waals surface area contributed by atoms with Crippen LogP contribution < -0.4 is 15.0 Å². The minimum Gasteiger partial charge on any atom is -0.495 e. The van der Waals surface area contributed by atoms with Crippen molar-refractivity contribution in [2.75, 3.05) is 23.9 Å². The van der Waals surface area contributed by atoms with E-state index in [1.807, 2.05) is 42.5 Å². The van der Waals surface area contributed by atoms with E-state index in [-0.39, 0.29) is 23.7 Å². The predicted octanol–water partition coefficient (Wildman–Crippen LogP) is 4.55. The zero-order chi connectivity index (χ0) is 21.2. The van der Waals surface area contributed by atoms with E-state index in [2.05, 4.69) is 33.0 Å². The van der Waals surface area contributed by atoms with Gasteiger partial charge in [-0.2, -0.15) is 0 Å². The molecular formula is C24H30N2O3. The van der Waals surface area contributed by atoms with Crippen LogP contribution in [0, 0.1) is 5.92 Å². The molecule has 5 nitrogen and oxygen atoms in total. The molecule has 0 saturated carbocycles. The van der Waals surface area contributed by atoms with Crippen LogP contribution in [0.3, 0.4) is 0 Å². The lowest BCUT2D eigenvalue weighted by Gasteiger charge is -2.22. The Labute approximate surface area is 173 Å². The molecule has 29 heavy (non-hydrogen) atoms. The van der Waals surface area contributed by atoms with Gasteiger partial charge in [0.2, 0.25) is 11.8 Å². The smallest absolute Gasteiger partial charge is 0.229 e. The Morgan fingerprint density at radius 3 is 2.45 bits per heavy atom. The Balaban J connectivity index is 1.75. The van der Waals surface area contributed by atoms with E-state index in [1.54, 1.807) is 12.0 Å². The summed E-state index contributed by atoms with van der Waals surface area (Å²) in [6.45, 7) is 8.85. The Morgan fingerprint density at radius 2 is 1.86 bits per heavy atom. The molecule has 0 bridgehead atoms. The monoisotopic (exact) mass is 394 g/mol. The van der Waals surface area contributed by atoms with Crippen molar-refractivity contribution >= 4 is 23.2 Å². The summed E-state index contributed by atoms with van der Waals surface area (Å²) in [5.41, 5.74) is 3.77. The normalized spacial score (nSPS) is 16.8. The van der Waals surface area contributed by atoms with Crippen molar-refractivity contribution in [1.29, 1.82) is 0 Å². The molecule has 1 fully saturated rings. The third-order valence-corrected chi connectivity index (χ3v) is 5.48. The highest BCUT2D eigenvalue weighted by Gasteiger charge is 2.35. The van der Waals surface area contributed by atoms with Gasteiger partial charge in [0.05, 0.1) is 18.7 Å². The molecule has 1 aliphatic rings. The number of ether oxygens (including phenoxy) is 1. The van der Waals surface area contributed by atoms with Crippen molar-refractivity contribution in [1.82, 2.24) is 0 Å². The Morgan fingerprint density at radius 1 is 1.17 bits per heavy atom. The van der Waals surface area contributed by atoms with Crippen molar-refractivity contribution in [2.45, 2.75) is 46.0 Å². The average Bonchev–Trinajstić information content (AvgIpc) is 3.09. The lowest BCUT2D eigenvalue weighted by Crippen LogP contribution is -2.28. The maximum atomic E-state index is 12.9. The van der Waals surface area contributed by atoms with Gasteiger partial charge in [0, 0.05) is 18.7 Å². The molecule has 1 heterocycles. The third kappa shape index (κ3) is 4.61. The Hall–Kier alpha value is -2.82. The molecule has 0 radical (unpaired) electrons. The van der Waals surface area contributed by atoms with Crippen LogP contribution in [-0.2, 0) is 21.4 Å². The number of methoxy groups -OCH3 is 1. The zero-order valence-electron chi connectivity index (χ0n) is 17.9. The van der Waals surface area contributed by atoms with Crippen LogP contribution in [-0.4, -0.2) is 25.5 Å². The molecule has 1 N–H and O–H groups in total. The molecule has 0 spiro atoms. The number of nitrogens with one attached hydrogen (secondary N) is 1. The maximum Gasteiger partial charge on any atom is 0.229 e. The van der Waals surface area contributed by atoms with Crippen LogP contribution in [0.2, 0.25) is 0 Å². The van der Waals surface area contributed by atoms with Crippen molar-refractivity contribution in [3.05, 3.63) is 53.6 Å². The summed E-state index contributed by atoms with van der Waals surface area (Å²) in [7, 11) is 1.59. The number of nitrogens with zero attached hydrogens (tertiary/aromatic N) is 1. The summed E-state index contributed by atoms with van der Waals surface area (Å²) < 4.78 is 5.42. The molecule has 2 aromatic rings. The molecule has 2 amide bonds. The number of carbonyl (C=O) groups excluding carboxylic acids is 2. The van der Waals surface area contributed by atoms with E-state index in [0.717, 1.165) is 17.7 Å². The second kappa shape index (κ2) is 8.27. The first-order valence-electron chi connectivity index (χ1n) is 10.1. The molecule has 0 aliphatic carbocycles. The van der Waals surface area contributed by atoms with Crippen molar-refractivity contribution in [3.8, 4) is 5.75 Å². The first kappa shape index (κ1) is 20.9. The van der Waals surface area contributed by atoms with Crippen molar-refractivity contribution in [2.24, 2.45) is 5.92 Å². The summed E-state index contributed by atoms with van der Waals surface area (Å²) >= 11 is 0. The number of anilines is 2. The molecule has 3 rings (SSSR count). The molecule has 0 aromatic heterocycles. The fourth-order valence-corrected chi connectivity index (χ4v) is 3.55. The van der Waals surface area contributed by atoms with Crippen molar-refractivity contribution < 1.29 is 14.3 Å². The van der Waals surface area contributed by atoms with E-state index in [9.17, 15) is 9.59 Å². The number of hydrogen-bond acceptors (Lipinski definition) is 3. The van der Waals surface area contributed by atoms with Gasteiger partial charge in [0.1, 0.15) is 5.75 Å². The van der Waals surface area contributed by atoms with Gasteiger partial charge in [0.25, 0.3) is 0 Å². The number of rotatable bonds is 5. The van der Waals surface area contributed by atoms with Gasteiger partial charge in [-0.05, 0) is 47.2 Å². The number of amides is 2. The SMILES string of the molecule is CCc1ccc(N2CC(C(=O)Nc3cc(C(C)(C)C)ccc3OC)CC2=O)cc1. The quantitative estimate of drug-likeness (QED) is 0.810. The van der Waals surface area contributed by atoms with E-state index in [0.29, 0.717) is 18.0 Å². The maximum absolute atomic E-state index is 12.9. The molecule has 1 aliphatic heterocycles. The number of hydrogen-bond donors (Lipinski definition) is 1. The molecule has 154 valence electrons. The van der Waals surface area contributed by atoms with Crippen LogP contribution in [0.15, 0.2) is 42.5 Å². The van der Waals surface area contributed by atoms with Crippen molar-refractivity contribution in [3.63, 3.8) is 0 Å². The fraction of sp³-hybridized carbons (Fsp3) is 0.417. The van der Waals surface area contributed by atoms with Crippen LogP contribution >= 0.6 is 0 Å². The fourth-order valence-electron chi connectivity index (χ4n) is 3.55. The lowest BCUT2D eigenvalue weighted by atomic mass is 9.86.